The van der Waals surface area contributed by atoms with Gasteiger partial charge in [-0.1, -0.05) is 19.1 Å². The molecule has 0 fully saturated rings. The first-order valence-corrected chi connectivity index (χ1v) is 5.30. The number of hydrogen-bond acceptors (Lipinski definition) is 2. The third kappa shape index (κ3) is 5.02. The molecule has 0 saturated heterocycles. The van der Waals surface area contributed by atoms with E-state index in [2.05, 4.69) is 18.8 Å². The highest BCUT2D eigenvalue weighted by atomic mass is 16.2. The Hall–Kier alpha value is -0.830. The molecule has 3 nitrogen and oxygen atoms in total. The molecule has 0 saturated carbocycles. The molecular weight excluding hydrogens is 176 g/mol. The smallest absolute Gasteiger partial charge is 0.236 e. The van der Waals surface area contributed by atoms with Gasteiger partial charge in [0.25, 0.3) is 0 Å². The zero-order chi connectivity index (χ0) is 11.0. The Morgan fingerprint density at radius 2 is 1.79 bits per heavy atom. The van der Waals surface area contributed by atoms with Gasteiger partial charge in [0.05, 0.1) is 6.54 Å². The normalized spacial score (nSPS) is 9.93. The summed E-state index contributed by atoms with van der Waals surface area (Å²) in [4.78, 5) is 13.3. The van der Waals surface area contributed by atoms with Gasteiger partial charge in [0.1, 0.15) is 0 Å². The van der Waals surface area contributed by atoms with Crippen LogP contribution in [0.4, 0.5) is 0 Å². The van der Waals surface area contributed by atoms with Crippen LogP contribution in [0.15, 0.2) is 12.2 Å². The van der Waals surface area contributed by atoms with E-state index in [0.29, 0.717) is 6.54 Å². The third-order valence-electron chi connectivity index (χ3n) is 2.27. The van der Waals surface area contributed by atoms with Crippen molar-refractivity contribution in [2.24, 2.45) is 0 Å². The Labute approximate surface area is 87.2 Å². The van der Waals surface area contributed by atoms with Gasteiger partial charge >= 0.3 is 0 Å². The van der Waals surface area contributed by atoms with Gasteiger partial charge in [0, 0.05) is 19.6 Å². The Balaban J connectivity index is 3.67. The van der Waals surface area contributed by atoms with Crippen LogP contribution in [0.25, 0.3) is 0 Å². The van der Waals surface area contributed by atoms with Crippen LogP contribution in [0.3, 0.4) is 0 Å². The molecule has 0 heterocycles. The van der Waals surface area contributed by atoms with Gasteiger partial charge in [-0.3, -0.25) is 4.79 Å². The fourth-order valence-corrected chi connectivity index (χ4v) is 1.16. The lowest BCUT2D eigenvalue weighted by Gasteiger charge is -2.18. The standard InChI is InChI=1S/C11H22N2O/c1-5-10(4)8-12-9-11(14)13(6-2)7-3/h12H,4-9H2,1-3H3. The first-order chi connectivity index (χ1) is 6.65. The number of hydrogen-bond donors (Lipinski definition) is 1. The second kappa shape index (κ2) is 7.56. The quantitative estimate of drug-likeness (QED) is 0.627. The minimum Gasteiger partial charge on any atom is -0.342 e. The summed E-state index contributed by atoms with van der Waals surface area (Å²) in [5, 5.41) is 3.09. The highest BCUT2D eigenvalue weighted by Crippen LogP contribution is 1.93. The molecule has 0 aromatic heterocycles. The highest BCUT2D eigenvalue weighted by Gasteiger charge is 2.07. The summed E-state index contributed by atoms with van der Waals surface area (Å²) >= 11 is 0. The molecule has 1 amide bonds. The van der Waals surface area contributed by atoms with E-state index < -0.39 is 0 Å². The molecule has 14 heavy (non-hydrogen) atoms. The van der Waals surface area contributed by atoms with Crippen molar-refractivity contribution < 1.29 is 4.79 Å². The average Bonchev–Trinajstić information content (AvgIpc) is 2.19. The summed E-state index contributed by atoms with van der Waals surface area (Å²) in [6.07, 6.45) is 0.965. The second-order valence-electron chi connectivity index (χ2n) is 3.27. The molecule has 0 radical (unpaired) electrons. The predicted octanol–water partition coefficient (Wildman–Crippen LogP) is 1.41. The molecule has 0 aromatic carbocycles. The molecule has 3 heteroatoms. The van der Waals surface area contributed by atoms with Crippen molar-refractivity contribution >= 4 is 5.91 Å². The van der Waals surface area contributed by atoms with Crippen LogP contribution in [-0.2, 0) is 4.79 Å². The molecule has 0 aliphatic heterocycles. The topological polar surface area (TPSA) is 32.3 Å². The molecule has 0 aliphatic carbocycles. The number of rotatable bonds is 7. The van der Waals surface area contributed by atoms with Gasteiger partial charge in [-0.2, -0.15) is 0 Å². The summed E-state index contributed by atoms with van der Waals surface area (Å²) in [6.45, 7) is 12.6. The minimum atomic E-state index is 0.166. The number of amides is 1. The molecule has 0 spiro atoms. The zero-order valence-electron chi connectivity index (χ0n) is 9.60. The van der Waals surface area contributed by atoms with Crippen LogP contribution in [0.1, 0.15) is 27.2 Å². The Bertz CT molecular complexity index is 186. The van der Waals surface area contributed by atoms with Crippen LogP contribution in [0.2, 0.25) is 0 Å². The lowest BCUT2D eigenvalue weighted by Crippen LogP contribution is -2.38. The van der Waals surface area contributed by atoms with E-state index in [0.717, 1.165) is 31.6 Å². The van der Waals surface area contributed by atoms with E-state index in [4.69, 9.17) is 0 Å². The van der Waals surface area contributed by atoms with E-state index >= 15 is 0 Å². The maximum atomic E-state index is 11.5. The molecule has 82 valence electrons. The van der Waals surface area contributed by atoms with Crippen molar-refractivity contribution in [3.05, 3.63) is 12.2 Å². The minimum absolute atomic E-state index is 0.166. The molecular formula is C11H22N2O. The predicted molar refractivity (Wildman–Crippen MR) is 60.2 cm³/mol. The summed E-state index contributed by atoms with van der Waals surface area (Å²) in [7, 11) is 0. The lowest BCUT2D eigenvalue weighted by atomic mass is 10.2. The summed E-state index contributed by atoms with van der Waals surface area (Å²) in [6, 6.07) is 0. The molecule has 0 bridgehead atoms. The van der Waals surface area contributed by atoms with Crippen LogP contribution in [0.5, 0.6) is 0 Å². The highest BCUT2D eigenvalue weighted by molar-refractivity contribution is 5.78. The van der Waals surface area contributed by atoms with Gasteiger partial charge in [0.15, 0.2) is 0 Å². The van der Waals surface area contributed by atoms with E-state index in [1.54, 1.807) is 0 Å². The van der Waals surface area contributed by atoms with Crippen LogP contribution < -0.4 is 5.32 Å². The fraction of sp³-hybridized carbons (Fsp3) is 0.727. The van der Waals surface area contributed by atoms with Crippen molar-refractivity contribution in [1.29, 1.82) is 0 Å². The summed E-state index contributed by atoms with van der Waals surface area (Å²) < 4.78 is 0. The monoisotopic (exact) mass is 198 g/mol. The van der Waals surface area contributed by atoms with Crippen LogP contribution in [0, 0.1) is 0 Å². The van der Waals surface area contributed by atoms with Crippen molar-refractivity contribution in [2.45, 2.75) is 27.2 Å². The maximum absolute atomic E-state index is 11.5. The first kappa shape index (κ1) is 13.2. The second-order valence-corrected chi connectivity index (χ2v) is 3.27. The zero-order valence-corrected chi connectivity index (χ0v) is 9.60. The first-order valence-electron chi connectivity index (χ1n) is 5.30. The number of likely N-dealkylation sites (N-methyl/N-ethyl adjacent to an activating group) is 1. The van der Waals surface area contributed by atoms with Crippen molar-refractivity contribution in [2.75, 3.05) is 26.2 Å². The van der Waals surface area contributed by atoms with Crippen molar-refractivity contribution in [1.82, 2.24) is 10.2 Å². The Morgan fingerprint density at radius 1 is 1.21 bits per heavy atom. The van der Waals surface area contributed by atoms with E-state index in [9.17, 15) is 4.79 Å². The maximum Gasteiger partial charge on any atom is 0.236 e. The van der Waals surface area contributed by atoms with Crippen molar-refractivity contribution in [3.8, 4) is 0 Å². The fourth-order valence-electron chi connectivity index (χ4n) is 1.16. The number of nitrogens with zero attached hydrogens (tertiary/aromatic N) is 1. The SMILES string of the molecule is C=C(CC)CNCC(=O)N(CC)CC. The molecule has 0 atom stereocenters. The van der Waals surface area contributed by atoms with Gasteiger partial charge < -0.3 is 10.2 Å². The molecule has 1 N–H and O–H groups in total. The largest absolute Gasteiger partial charge is 0.342 e. The summed E-state index contributed by atoms with van der Waals surface area (Å²) in [5.74, 6) is 0.166. The molecule has 0 aliphatic rings. The number of carbonyl (C=O) groups is 1. The van der Waals surface area contributed by atoms with E-state index in [1.807, 2.05) is 18.7 Å². The van der Waals surface area contributed by atoms with Gasteiger partial charge in [0.2, 0.25) is 5.91 Å². The van der Waals surface area contributed by atoms with E-state index in [-0.39, 0.29) is 5.91 Å². The van der Waals surface area contributed by atoms with E-state index in [1.165, 1.54) is 0 Å². The molecule has 0 rings (SSSR count). The third-order valence-corrected chi connectivity index (χ3v) is 2.27. The van der Waals surface area contributed by atoms with Crippen LogP contribution in [-0.4, -0.2) is 37.0 Å². The van der Waals surface area contributed by atoms with Gasteiger partial charge in [-0.25, -0.2) is 0 Å². The van der Waals surface area contributed by atoms with Gasteiger partial charge in [-0.05, 0) is 20.3 Å². The Kier molecular flexibility index (Phi) is 7.11. The number of carbonyl (C=O) groups excluding carboxylic acids is 1. The van der Waals surface area contributed by atoms with Crippen molar-refractivity contribution in [3.63, 3.8) is 0 Å². The Morgan fingerprint density at radius 3 is 2.21 bits per heavy atom. The number of nitrogens with one attached hydrogen (secondary N) is 1. The van der Waals surface area contributed by atoms with Gasteiger partial charge in [-0.15, -0.1) is 0 Å². The molecule has 0 unspecified atom stereocenters. The average molecular weight is 198 g/mol. The lowest BCUT2D eigenvalue weighted by molar-refractivity contribution is -0.129. The molecule has 0 aromatic rings. The van der Waals surface area contributed by atoms with Crippen LogP contribution >= 0.6 is 0 Å². The summed E-state index contributed by atoms with van der Waals surface area (Å²) in [5.41, 5.74) is 1.14.